The molecule has 1 fully saturated rings. The first-order valence-electron chi connectivity index (χ1n) is 3.31. The topological polar surface area (TPSA) is 71.4 Å². The van der Waals surface area contributed by atoms with E-state index < -0.39 is 15.3 Å². The predicted octanol–water partition coefficient (Wildman–Crippen LogP) is -1.02. The van der Waals surface area contributed by atoms with Crippen LogP contribution in [0.3, 0.4) is 0 Å². The van der Waals surface area contributed by atoms with Crippen LogP contribution in [0, 0.1) is 5.41 Å². The summed E-state index contributed by atoms with van der Waals surface area (Å²) in [5, 5.41) is 8.75. The van der Waals surface area contributed by atoms with Crippen molar-refractivity contribution < 1.29 is 18.3 Å². The molecule has 0 amide bonds. The number of hydrogen-bond donors (Lipinski definition) is 1. The van der Waals surface area contributed by atoms with E-state index >= 15 is 0 Å². The summed E-state index contributed by atoms with van der Waals surface area (Å²) in [5.41, 5.74) is -1.00. The third-order valence-electron chi connectivity index (χ3n) is 1.98. The second-order valence-corrected chi connectivity index (χ2v) is 5.16. The number of carbonyl (C=O) groups is 1. The molecule has 64 valence electrons. The fraction of sp³-hybridized carbons (Fsp3) is 0.833. The third-order valence-corrected chi connectivity index (χ3v) is 3.82. The molecule has 1 aliphatic heterocycles. The molecule has 1 atom stereocenters. The molecule has 0 saturated carbocycles. The van der Waals surface area contributed by atoms with Crippen LogP contribution in [0.15, 0.2) is 0 Å². The Balaban J connectivity index is 2.87. The van der Waals surface area contributed by atoms with Gasteiger partial charge in [-0.25, -0.2) is 8.42 Å². The van der Waals surface area contributed by atoms with Crippen LogP contribution in [-0.2, 0) is 14.6 Å². The van der Waals surface area contributed by atoms with Gasteiger partial charge in [-0.15, -0.1) is 0 Å². The van der Waals surface area contributed by atoms with E-state index in [0.29, 0.717) is 6.29 Å². The molecule has 1 rings (SSSR count). The van der Waals surface area contributed by atoms with Crippen LogP contribution in [0.25, 0.3) is 0 Å². The number of sulfone groups is 1. The minimum Gasteiger partial charge on any atom is -0.395 e. The Morgan fingerprint density at radius 1 is 1.55 bits per heavy atom. The molecule has 0 aromatic heterocycles. The molecule has 0 radical (unpaired) electrons. The molecular formula is C6H10O4S. The van der Waals surface area contributed by atoms with Crippen molar-refractivity contribution >= 4 is 16.1 Å². The Labute approximate surface area is 65.1 Å². The van der Waals surface area contributed by atoms with E-state index in [1.54, 1.807) is 0 Å². The molecule has 1 N–H and O–H groups in total. The zero-order valence-electron chi connectivity index (χ0n) is 5.99. The summed E-state index contributed by atoms with van der Waals surface area (Å²) in [7, 11) is -3.07. The standard InChI is InChI=1S/C6H10O4S/c7-3-6(4-8)1-2-11(9,10)5-6/h3,8H,1-2,4-5H2. The molecule has 1 aliphatic rings. The summed E-state index contributed by atoms with van der Waals surface area (Å²) in [6.45, 7) is -0.365. The highest BCUT2D eigenvalue weighted by Gasteiger charge is 2.41. The highest BCUT2D eigenvalue weighted by Crippen LogP contribution is 2.29. The first-order chi connectivity index (χ1) is 5.04. The molecule has 1 unspecified atom stereocenters. The second kappa shape index (κ2) is 2.57. The maximum atomic E-state index is 10.9. The van der Waals surface area contributed by atoms with Crippen molar-refractivity contribution in [2.24, 2.45) is 5.41 Å². The van der Waals surface area contributed by atoms with Gasteiger partial charge in [0, 0.05) is 0 Å². The van der Waals surface area contributed by atoms with E-state index in [1.165, 1.54) is 0 Å². The van der Waals surface area contributed by atoms with Gasteiger partial charge in [0.2, 0.25) is 0 Å². The Kier molecular flexibility index (Phi) is 2.02. The van der Waals surface area contributed by atoms with Gasteiger partial charge in [0.05, 0.1) is 23.5 Å². The lowest BCUT2D eigenvalue weighted by molar-refractivity contribution is -0.116. The first-order valence-corrected chi connectivity index (χ1v) is 5.13. The zero-order chi connectivity index (χ0) is 8.54. The van der Waals surface area contributed by atoms with Crippen LogP contribution in [0.1, 0.15) is 6.42 Å². The van der Waals surface area contributed by atoms with E-state index in [4.69, 9.17) is 5.11 Å². The van der Waals surface area contributed by atoms with Gasteiger partial charge in [-0.2, -0.15) is 0 Å². The highest BCUT2D eigenvalue weighted by molar-refractivity contribution is 7.91. The van der Waals surface area contributed by atoms with E-state index in [9.17, 15) is 13.2 Å². The van der Waals surface area contributed by atoms with E-state index in [0.717, 1.165) is 0 Å². The summed E-state index contributed by atoms with van der Waals surface area (Å²) < 4.78 is 21.8. The smallest absolute Gasteiger partial charge is 0.151 e. The van der Waals surface area contributed by atoms with Crippen LogP contribution in [0.2, 0.25) is 0 Å². The van der Waals surface area contributed by atoms with Gasteiger partial charge in [0.1, 0.15) is 6.29 Å². The summed E-state index contributed by atoms with van der Waals surface area (Å²) in [6, 6.07) is 0. The lowest BCUT2D eigenvalue weighted by atomic mass is 9.91. The molecular weight excluding hydrogens is 168 g/mol. The molecule has 0 bridgehead atoms. The van der Waals surface area contributed by atoms with Crippen molar-refractivity contribution in [2.45, 2.75) is 6.42 Å². The summed E-state index contributed by atoms with van der Waals surface area (Å²) in [4.78, 5) is 10.4. The van der Waals surface area contributed by atoms with Crippen molar-refractivity contribution in [1.29, 1.82) is 0 Å². The monoisotopic (exact) mass is 178 g/mol. The van der Waals surface area contributed by atoms with E-state index in [-0.39, 0.29) is 24.5 Å². The number of aliphatic hydroxyl groups is 1. The van der Waals surface area contributed by atoms with Crippen molar-refractivity contribution in [3.8, 4) is 0 Å². The van der Waals surface area contributed by atoms with Crippen molar-refractivity contribution in [1.82, 2.24) is 0 Å². The van der Waals surface area contributed by atoms with Crippen LogP contribution in [0.4, 0.5) is 0 Å². The van der Waals surface area contributed by atoms with E-state index in [1.807, 2.05) is 0 Å². The van der Waals surface area contributed by atoms with Crippen LogP contribution < -0.4 is 0 Å². The number of aldehydes is 1. The summed E-state index contributed by atoms with van der Waals surface area (Å²) in [5.74, 6) is -0.174. The Morgan fingerprint density at radius 2 is 2.18 bits per heavy atom. The van der Waals surface area contributed by atoms with Gasteiger partial charge in [-0.3, -0.25) is 0 Å². The fourth-order valence-corrected chi connectivity index (χ4v) is 3.24. The average molecular weight is 178 g/mol. The van der Waals surface area contributed by atoms with Crippen LogP contribution in [-0.4, -0.2) is 37.9 Å². The minimum atomic E-state index is -3.07. The number of carbonyl (C=O) groups excluding carboxylic acids is 1. The largest absolute Gasteiger partial charge is 0.395 e. The molecule has 11 heavy (non-hydrogen) atoms. The minimum absolute atomic E-state index is 0.0201. The zero-order valence-corrected chi connectivity index (χ0v) is 6.80. The molecule has 0 spiro atoms. The molecule has 5 heteroatoms. The molecule has 1 heterocycles. The Morgan fingerprint density at radius 3 is 2.36 bits per heavy atom. The molecule has 1 saturated heterocycles. The Bertz CT molecular complexity index is 256. The molecule has 0 aromatic carbocycles. The van der Waals surface area contributed by atoms with Crippen molar-refractivity contribution in [2.75, 3.05) is 18.1 Å². The molecule has 0 aliphatic carbocycles. The van der Waals surface area contributed by atoms with Crippen molar-refractivity contribution in [3.05, 3.63) is 0 Å². The maximum Gasteiger partial charge on any atom is 0.151 e. The number of aliphatic hydroxyl groups excluding tert-OH is 1. The average Bonchev–Trinajstić information content (AvgIpc) is 2.28. The van der Waals surface area contributed by atoms with Crippen LogP contribution >= 0.6 is 0 Å². The molecule has 4 nitrogen and oxygen atoms in total. The second-order valence-electron chi connectivity index (χ2n) is 2.98. The SMILES string of the molecule is O=CC1(CO)CCS(=O)(=O)C1. The fourth-order valence-electron chi connectivity index (χ4n) is 1.20. The van der Waals surface area contributed by atoms with Crippen molar-refractivity contribution in [3.63, 3.8) is 0 Å². The number of rotatable bonds is 2. The van der Waals surface area contributed by atoms with Gasteiger partial charge >= 0.3 is 0 Å². The maximum absolute atomic E-state index is 10.9. The van der Waals surface area contributed by atoms with Gasteiger partial charge < -0.3 is 9.90 Å². The quantitative estimate of drug-likeness (QED) is 0.549. The van der Waals surface area contributed by atoms with E-state index in [2.05, 4.69) is 0 Å². The van der Waals surface area contributed by atoms with Gasteiger partial charge in [0.25, 0.3) is 0 Å². The third kappa shape index (κ3) is 1.59. The van der Waals surface area contributed by atoms with Gasteiger partial charge in [-0.1, -0.05) is 0 Å². The predicted molar refractivity (Wildman–Crippen MR) is 38.9 cm³/mol. The first kappa shape index (κ1) is 8.67. The summed E-state index contributed by atoms with van der Waals surface area (Å²) >= 11 is 0. The van der Waals surface area contributed by atoms with Gasteiger partial charge in [-0.05, 0) is 6.42 Å². The lowest BCUT2D eigenvalue weighted by Gasteiger charge is -2.14. The van der Waals surface area contributed by atoms with Gasteiger partial charge in [0.15, 0.2) is 9.84 Å². The highest BCUT2D eigenvalue weighted by atomic mass is 32.2. The summed E-state index contributed by atoms with van der Waals surface area (Å²) in [6.07, 6.45) is 0.812. The normalized spacial score (nSPS) is 35.4. The van der Waals surface area contributed by atoms with Crippen LogP contribution in [0.5, 0.6) is 0 Å². The number of hydrogen-bond acceptors (Lipinski definition) is 4. The molecule has 0 aromatic rings. The Hall–Kier alpha value is -0.420. The lowest BCUT2D eigenvalue weighted by Crippen LogP contribution is -2.28.